The van der Waals surface area contributed by atoms with Crippen molar-refractivity contribution in [3.63, 3.8) is 0 Å². The molecule has 2 heterocycles. The van der Waals surface area contributed by atoms with Crippen molar-refractivity contribution in [1.29, 1.82) is 0 Å². The van der Waals surface area contributed by atoms with Crippen molar-refractivity contribution in [3.8, 4) is 17.1 Å². The van der Waals surface area contributed by atoms with E-state index in [1.54, 1.807) is 6.92 Å². The number of methoxy groups -OCH3 is 1. The molecule has 0 saturated heterocycles. The van der Waals surface area contributed by atoms with Gasteiger partial charge in [-0.3, -0.25) is 0 Å². The standard InChI is InChI=1S/C25H21F4N3O4/c1-3-36-25(34)13-9-17(27)24-19(10-13)32(7-8-35-2)20(31-24)12-14-16(26)11-15(23(29)22(14)28)18-5-4-6-21(33)30-18/h4-6,9-11H,3,7-8,12H2,1-2H3,(H,30,33). The highest BCUT2D eigenvalue weighted by atomic mass is 19.2. The number of rotatable bonds is 8. The van der Waals surface area contributed by atoms with E-state index in [2.05, 4.69) is 9.97 Å². The van der Waals surface area contributed by atoms with E-state index < -0.39 is 52.7 Å². The van der Waals surface area contributed by atoms with Gasteiger partial charge < -0.3 is 19.1 Å². The van der Waals surface area contributed by atoms with Gasteiger partial charge in [-0.25, -0.2) is 32.3 Å². The summed E-state index contributed by atoms with van der Waals surface area (Å²) in [5, 5.41) is 9.53. The maximum atomic E-state index is 15.1. The van der Waals surface area contributed by atoms with Crippen molar-refractivity contribution < 1.29 is 36.9 Å². The fraction of sp³-hybridized carbons (Fsp3) is 0.240. The first-order chi connectivity index (χ1) is 17.2. The molecular formula is C25H21F4N3O4. The molecule has 0 unspecified atom stereocenters. The van der Waals surface area contributed by atoms with Crippen molar-refractivity contribution in [3.05, 3.63) is 76.6 Å². The summed E-state index contributed by atoms with van der Waals surface area (Å²) in [5.74, 6) is -5.88. The Balaban J connectivity index is 1.82. The van der Waals surface area contributed by atoms with E-state index in [0.717, 1.165) is 12.1 Å². The first-order valence-corrected chi connectivity index (χ1v) is 10.9. The van der Waals surface area contributed by atoms with Gasteiger partial charge in [0.05, 0.1) is 30.0 Å². The second-order valence-corrected chi connectivity index (χ2v) is 7.79. The zero-order valence-electron chi connectivity index (χ0n) is 19.3. The van der Waals surface area contributed by atoms with E-state index in [0.29, 0.717) is 0 Å². The molecule has 36 heavy (non-hydrogen) atoms. The van der Waals surface area contributed by atoms with Gasteiger partial charge in [0.15, 0.2) is 17.5 Å². The largest absolute Gasteiger partial charge is 0.493 e. The Hall–Kier alpha value is -3.99. The molecular weight excluding hydrogens is 482 g/mol. The first kappa shape index (κ1) is 25.1. The number of carbonyl (C=O) groups is 1. The van der Waals surface area contributed by atoms with Gasteiger partial charge in [-0.05, 0) is 31.2 Å². The Bertz CT molecular complexity index is 1460. The summed E-state index contributed by atoms with van der Waals surface area (Å²) < 4.78 is 71.4. The average molecular weight is 503 g/mol. The minimum absolute atomic E-state index is 0.0300. The van der Waals surface area contributed by atoms with Crippen molar-refractivity contribution in [2.24, 2.45) is 0 Å². The number of carbonyl (C=O) groups excluding carboxylic acids is 1. The first-order valence-electron chi connectivity index (χ1n) is 10.9. The SMILES string of the molecule is CCOC(=O)c1cc(F)c2nc(Cc3c(F)cc(-c4cccc(O)n4)c(F)c3F)n(CCOC)c2c1. The molecule has 2 aromatic heterocycles. The number of fused-ring (bicyclic) bond motifs is 1. The topological polar surface area (TPSA) is 86.5 Å². The molecule has 0 radical (unpaired) electrons. The number of hydrogen-bond donors (Lipinski definition) is 1. The van der Waals surface area contributed by atoms with E-state index in [-0.39, 0.29) is 47.9 Å². The predicted octanol–water partition coefficient (Wildman–Crippen LogP) is 4.77. The van der Waals surface area contributed by atoms with Crippen LogP contribution < -0.4 is 0 Å². The second kappa shape index (κ2) is 10.3. The third-order valence-corrected chi connectivity index (χ3v) is 5.52. The average Bonchev–Trinajstić information content (AvgIpc) is 3.20. The van der Waals surface area contributed by atoms with Gasteiger partial charge in [0.25, 0.3) is 0 Å². The lowest BCUT2D eigenvalue weighted by molar-refractivity contribution is 0.0526. The van der Waals surface area contributed by atoms with Crippen LogP contribution in [0.25, 0.3) is 22.3 Å². The molecule has 4 rings (SSSR count). The molecule has 0 atom stereocenters. The highest BCUT2D eigenvalue weighted by Gasteiger charge is 2.24. The highest BCUT2D eigenvalue weighted by molar-refractivity contribution is 5.94. The van der Waals surface area contributed by atoms with Crippen LogP contribution in [-0.2, 0) is 22.4 Å². The van der Waals surface area contributed by atoms with Crippen LogP contribution in [0.1, 0.15) is 28.7 Å². The fourth-order valence-corrected chi connectivity index (χ4v) is 3.84. The number of imidazole rings is 1. The van der Waals surface area contributed by atoms with E-state index in [1.165, 1.54) is 35.9 Å². The van der Waals surface area contributed by atoms with Crippen LogP contribution >= 0.6 is 0 Å². The zero-order chi connectivity index (χ0) is 26.0. The third kappa shape index (κ3) is 4.74. The van der Waals surface area contributed by atoms with Crippen molar-refractivity contribution >= 4 is 17.0 Å². The van der Waals surface area contributed by atoms with E-state index >= 15 is 8.78 Å². The van der Waals surface area contributed by atoms with Crippen molar-refractivity contribution in [2.75, 3.05) is 20.3 Å². The quantitative estimate of drug-likeness (QED) is 0.212. The molecule has 2 aromatic carbocycles. The van der Waals surface area contributed by atoms with Crippen LogP contribution in [0.4, 0.5) is 17.6 Å². The van der Waals surface area contributed by atoms with Crippen LogP contribution in [0, 0.1) is 23.3 Å². The monoisotopic (exact) mass is 503 g/mol. The van der Waals surface area contributed by atoms with Gasteiger partial charge >= 0.3 is 5.97 Å². The molecule has 7 nitrogen and oxygen atoms in total. The number of pyridine rings is 1. The number of nitrogens with zero attached hydrogens (tertiary/aromatic N) is 3. The number of esters is 1. The molecule has 0 aliphatic heterocycles. The summed E-state index contributed by atoms with van der Waals surface area (Å²) in [7, 11) is 1.44. The van der Waals surface area contributed by atoms with Crippen molar-refractivity contribution in [1.82, 2.24) is 14.5 Å². The summed E-state index contributed by atoms with van der Waals surface area (Å²) in [4.78, 5) is 20.0. The van der Waals surface area contributed by atoms with Crippen LogP contribution in [0.2, 0.25) is 0 Å². The predicted molar refractivity (Wildman–Crippen MR) is 122 cm³/mol. The molecule has 0 saturated carbocycles. The molecule has 188 valence electrons. The van der Waals surface area contributed by atoms with E-state index in [9.17, 15) is 18.7 Å². The summed E-state index contributed by atoms with van der Waals surface area (Å²) in [5.41, 5.74) is -1.25. The number of hydrogen-bond acceptors (Lipinski definition) is 6. The molecule has 0 amide bonds. The highest BCUT2D eigenvalue weighted by Crippen LogP contribution is 2.31. The fourth-order valence-electron chi connectivity index (χ4n) is 3.84. The Morgan fingerprint density at radius 1 is 1.06 bits per heavy atom. The maximum Gasteiger partial charge on any atom is 0.338 e. The smallest absolute Gasteiger partial charge is 0.338 e. The molecule has 0 aliphatic rings. The van der Waals surface area contributed by atoms with Crippen molar-refractivity contribution in [2.45, 2.75) is 19.9 Å². The Morgan fingerprint density at radius 2 is 1.83 bits per heavy atom. The molecule has 0 aliphatic carbocycles. The number of aromatic nitrogens is 3. The lowest BCUT2D eigenvalue weighted by Gasteiger charge is -2.12. The summed E-state index contributed by atoms with van der Waals surface area (Å²) >= 11 is 0. The molecule has 0 bridgehead atoms. The van der Waals surface area contributed by atoms with Gasteiger partial charge in [-0.1, -0.05) is 6.07 Å². The van der Waals surface area contributed by atoms with Gasteiger partial charge in [0.2, 0.25) is 5.88 Å². The normalized spacial score (nSPS) is 11.3. The zero-order valence-corrected chi connectivity index (χ0v) is 19.3. The number of aromatic hydroxyl groups is 1. The molecule has 11 heteroatoms. The van der Waals surface area contributed by atoms with Crippen LogP contribution in [0.15, 0.2) is 36.4 Å². The van der Waals surface area contributed by atoms with Gasteiger partial charge in [-0.15, -0.1) is 0 Å². The lowest BCUT2D eigenvalue weighted by atomic mass is 10.0. The Kier molecular flexibility index (Phi) is 7.20. The van der Waals surface area contributed by atoms with Gasteiger partial charge in [0, 0.05) is 37.3 Å². The van der Waals surface area contributed by atoms with E-state index in [1.807, 2.05) is 0 Å². The van der Waals surface area contributed by atoms with Crippen LogP contribution in [0.5, 0.6) is 5.88 Å². The molecule has 0 spiro atoms. The minimum Gasteiger partial charge on any atom is -0.493 e. The van der Waals surface area contributed by atoms with Crippen LogP contribution in [0.3, 0.4) is 0 Å². The molecule has 1 N–H and O–H groups in total. The molecule has 4 aromatic rings. The minimum atomic E-state index is -1.46. The number of benzene rings is 2. The summed E-state index contributed by atoms with van der Waals surface area (Å²) in [6.45, 7) is 1.96. The molecule has 0 fully saturated rings. The Labute approximate surface area is 202 Å². The number of halogens is 4. The number of ether oxygens (including phenoxy) is 2. The third-order valence-electron chi connectivity index (χ3n) is 5.52. The van der Waals surface area contributed by atoms with Gasteiger partial charge in [0.1, 0.15) is 17.2 Å². The van der Waals surface area contributed by atoms with Gasteiger partial charge in [-0.2, -0.15) is 0 Å². The van der Waals surface area contributed by atoms with Crippen LogP contribution in [-0.4, -0.2) is 45.9 Å². The maximum absolute atomic E-state index is 15.1. The summed E-state index contributed by atoms with van der Waals surface area (Å²) in [6.07, 6.45) is -0.519. The second-order valence-electron chi connectivity index (χ2n) is 7.79. The Morgan fingerprint density at radius 3 is 2.53 bits per heavy atom. The summed E-state index contributed by atoms with van der Waals surface area (Å²) in [6, 6.07) is 7.00. The lowest BCUT2D eigenvalue weighted by Crippen LogP contribution is -2.12. The van der Waals surface area contributed by atoms with E-state index in [4.69, 9.17) is 9.47 Å².